The lowest BCUT2D eigenvalue weighted by Gasteiger charge is -2.13. The number of hydrogen-bond acceptors (Lipinski definition) is 8. The predicted molar refractivity (Wildman–Crippen MR) is 156 cm³/mol. The number of benzene rings is 2. The van der Waals surface area contributed by atoms with Gasteiger partial charge in [-0.25, -0.2) is 9.97 Å². The summed E-state index contributed by atoms with van der Waals surface area (Å²) < 4.78 is 10.4. The van der Waals surface area contributed by atoms with Crippen molar-refractivity contribution in [2.24, 2.45) is 4.99 Å². The molecule has 0 amide bonds. The fourth-order valence-electron chi connectivity index (χ4n) is 4.19. The quantitative estimate of drug-likeness (QED) is 0.231. The zero-order valence-corrected chi connectivity index (χ0v) is 22.0. The van der Waals surface area contributed by atoms with E-state index in [4.69, 9.17) is 21.7 Å². The van der Waals surface area contributed by atoms with E-state index in [2.05, 4.69) is 43.0 Å². The molecule has 2 aliphatic heterocycles. The van der Waals surface area contributed by atoms with Crippen LogP contribution in [0.15, 0.2) is 90.2 Å². The normalized spacial score (nSPS) is 14.2. The molecule has 0 bridgehead atoms. The van der Waals surface area contributed by atoms with Gasteiger partial charge in [0.25, 0.3) is 0 Å². The van der Waals surface area contributed by atoms with Crippen molar-refractivity contribution >= 4 is 51.6 Å². The summed E-state index contributed by atoms with van der Waals surface area (Å²) in [6, 6.07) is 23.9. The molecule has 0 fully saturated rings. The highest BCUT2D eigenvalue weighted by molar-refractivity contribution is 7.80. The highest BCUT2D eigenvalue weighted by atomic mass is 32.1. The molecule has 2 aromatic heterocycles. The molecule has 4 heterocycles. The van der Waals surface area contributed by atoms with E-state index in [0.717, 1.165) is 62.5 Å². The van der Waals surface area contributed by atoms with E-state index in [1.807, 2.05) is 60.7 Å². The lowest BCUT2D eigenvalue weighted by molar-refractivity contribution is -0.0936. The average Bonchev–Trinajstić information content (AvgIpc) is 3.21. The summed E-state index contributed by atoms with van der Waals surface area (Å²) in [5, 5.41) is 10.00. The summed E-state index contributed by atoms with van der Waals surface area (Å²) in [5.74, 6) is 2.44. The summed E-state index contributed by atoms with van der Waals surface area (Å²) in [6.45, 7) is 0.402. The minimum absolute atomic E-state index is 0.369. The number of methoxy groups -OCH3 is 2. The van der Waals surface area contributed by atoms with Crippen LogP contribution in [0, 0.1) is 0 Å². The Labute approximate surface area is 227 Å². The number of fused-ring (bicyclic) bond motifs is 4. The Kier molecular flexibility index (Phi) is 7.98. The number of nitrogens with zero attached hydrogens (tertiary/aromatic N) is 3. The van der Waals surface area contributed by atoms with Crippen molar-refractivity contribution in [1.29, 1.82) is 0 Å². The Morgan fingerprint density at radius 1 is 0.763 bits per heavy atom. The van der Waals surface area contributed by atoms with Gasteiger partial charge in [-0.15, -0.1) is 0 Å². The topological polar surface area (TPSA) is 92.7 Å². The number of aliphatic imine (C=N–C) groups is 1. The number of aromatic nitrogens is 2. The Bertz CT molecular complexity index is 1470. The SMILES string of the molecule is COC(CN=C1Nc2cccnc2Nc2ccccc21)OC.S=C1Cc2cccnc2Nc2ccccc21. The molecule has 2 aliphatic rings. The number of thiocarbonyl (C=S) groups is 1. The number of ether oxygens (including phenoxy) is 2. The van der Waals surface area contributed by atoms with Gasteiger partial charge in [0, 0.05) is 60.3 Å². The first-order valence-electron chi connectivity index (χ1n) is 12.2. The van der Waals surface area contributed by atoms with E-state index >= 15 is 0 Å². The van der Waals surface area contributed by atoms with Gasteiger partial charge < -0.3 is 25.4 Å². The molecule has 0 unspecified atom stereocenters. The Morgan fingerprint density at radius 3 is 2.13 bits per heavy atom. The fourth-order valence-corrected chi connectivity index (χ4v) is 4.52. The van der Waals surface area contributed by atoms with Crippen molar-refractivity contribution in [3.63, 3.8) is 0 Å². The van der Waals surface area contributed by atoms with E-state index < -0.39 is 0 Å². The molecule has 192 valence electrons. The standard InChI is InChI=1S/C16H18N4O2.C13H10N2S/c1-21-14(22-2)10-18-15-11-6-3-4-7-12(11)19-16-13(20-15)8-5-9-17-16;16-12-8-9-4-3-7-14-13(9)15-11-6-2-1-5-10(11)12/h3-9,14H,10H2,1-2H3,(H,17,19)(H,18,20);1-7H,8H2,(H,14,15). The second-order valence-electron chi connectivity index (χ2n) is 8.57. The van der Waals surface area contributed by atoms with Crippen molar-refractivity contribution in [3.05, 3.63) is 102 Å². The maximum Gasteiger partial charge on any atom is 0.176 e. The smallest absolute Gasteiger partial charge is 0.176 e. The summed E-state index contributed by atoms with van der Waals surface area (Å²) in [7, 11) is 3.20. The van der Waals surface area contributed by atoms with Gasteiger partial charge >= 0.3 is 0 Å². The number of pyridine rings is 2. The van der Waals surface area contributed by atoms with Crippen LogP contribution >= 0.6 is 12.2 Å². The number of nitrogens with one attached hydrogen (secondary N) is 3. The third-order valence-corrected chi connectivity index (χ3v) is 6.51. The van der Waals surface area contributed by atoms with E-state index in [9.17, 15) is 0 Å². The lowest BCUT2D eigenvalue weighted by atomic mass is 10.1. The summed E-state index contributed by atoms with van der Waals surface area (Å²) in [4.78, 5) is 14.3. The second kappa shape index (κ2) is 11.9. The van der Waals surface area contributed by atoms with E-state index in [1.165, 1.54) is 0 Å². The summed E-state index contributed by atoms with van der Waals surface area (Å²) in [5.41, 5.74) is 6.12. The summed E-state index contributed by atoms with van der Waals surface area (Å²) in [6.07, 6.45) is 3.96. The van der Waals surface area contributed by atoms with Crippen molar-refractivity contribution in [2.45, 2.75) is 12.7 Å². The van der Waals surface area contributed by atoms with Crippen LogP contribution in [0.4, 0.5) is 28.7 Å². The molecule has 0 saturated heterocycles. The number of hydrogen-bond donors (Lipinski definition) is 3. The van der Waals surface area contributed by atoms with Crippen LogP contribution < -0.4 is 16.0 Å². The maximum absolute atomic E-state index is 5.46. The third kappa shape index (κ3) is 5.70. The van der Waals surface area contributed by atoms with Crippen LogP contribution in [0.25, 0.3) is 0 Å². The van der Waals surface area contributed by atoms with Crippen LogP contribution in [0.3, 0.4) is 0 Å². The van der Waals surface area contributed by atoms with Crippen LogP contribution in [-0.2, 0) is 15.9 Å². The zero-order valence-electron chi connectivity index (χ0n) is 21.1. The van der Waals surface area contributed by atoms with E-state index in [1.54, 1.807) is 26.6 Å². The van der Waals surface area contributed by atoms with Gasteiger partial charge in [-0.3, -0.25) is 4.99 Å². The van der Waals surface area contributed by atoms with Gasteiger partial charge in [0.1, 0.15) is 11.7 Å². The molecule has 9 heteroatoms. The molecule has 3 N–H and O–H groups in total. The number of rotatable bonds is 4. The van der Waals surface area contributed by atoms with Crippen molar-refractivity contribution in [1.82, 2.24) is 9.97 Å². The van der Waals surface area contributed by atoms with Gasteiger partial charge in [-0.05, 0) is 36.4 Å². The van der Waals surface area contributed by atoms with Crippen molar-refractivity contribution in [2.75, 3.05) is 36.7 Å². The molecular formula is C29H28N6O2S. The summed E-state index contributed by atoms with van der Waals surface area (Å²) >= 11 is 5.46. The van der Waals surface area contributed by atoms with Crippen molar-refractivity contribution in [3.8, 4) is 0 Å². The third-order valence-electron chi connectivity index (χ3n) is 6.14. The molecule has 0 saturated carbocycles. The molecule has 38 heavy (non-hydrogen) atoms. The Morgan fingerprint density at radius 2 is 1.37 bits per heavy atom. The molecular weight excluding hydrogens is 496 g/mol. The lowest BCUT2D eigenvalue weighted by Crippen LogP contribution is -2.20. The molecule has 0 spiro atoms. The highest BCUT2D eigenvalue weighted by Gasteiger charge is 2.18. The largest absolute Gasteiger partial charge is 0.354 e. The molecule has 8 nitrogen and oxygen atoms in total. The first kappa shape index (κ1) is 25.5. The van der Waals surface area contributed by atoms with Crippen LogP contribution in [0.2, 0.25) is 0 Å². The van der Waals surface area contributed by atoms with Gasteiger partial charge in [0.05, 0.1) is 17.9 Å². The molecule has 0 aliphatic carbocycles. The fraction of sp³-hybridized carbons (Fsp3) is 0.172. The number of amidine groups is 1. The molecule has 6 rings (SSSR count). The Hall–Kier alpha value is -4.18. The van der Waals surface area contributed by atoms with Crippen LogP contribution in [0.5, 0.6) is 0 Å². The van der Waals surface area contributed by atoms with Gasteiger partial charge in [0.15, 0.2) is 12.1 Å². The molecule has 2 aromatic carbocycles. The molecule has 0 radical (unpaired) electrons. The highest BCUT2D eigenvalue weighted by Crippen LogP contribution is 2.30. The number of para-hydroxylation sites is 2. The maximum atomic E-state index is 5.46. The van der Waals surface area contributed by atoms with Crippen LogP contribution in [0.1, 0.15) is 16.7 Å². The van der Waals surface area contributed by atoms with Crippen LogP contribution in [-0.4, -0.2) is 47.7 Å². The van der Waals surface area contributed by atoms with E-state index in [0.29, 0.717) is 6.54 Å². The second-order valence-corrected chi connectivity index (χ2v) is 9.06. The van der Waals surface area contributed by atoms with Gasteiger partial charge in [-0.1, -0.05) is 48.6 Å². The first-order valence-corrected chi connectivity index (χ1v) is 12.6. The average molecular weight is 525 g/mol. The minimum atomic E-state index is -0.369. The van der Waals surface area contributed by atoms with Gasteiger partial charge in [-0.2, -0.15) is 0 Å². The number of anilines is 5. The monoisotopic (exact) mass is 524 g/mol. The Balaban J connectivity index is 0.000000162. The predicted octanol–water partition coefficient (Wildman–Crippen LogP) is 5.72. The molecule has 0 atom stereocenters. The minimum Gasteiger partial charge on any atom is -0.354 e. The van der Waals surface area contributed by atoms with Crippen molar-refractivity contribution < 1.29 is 9.47 Å². The van der Waals surface area contributed by atoms with E-state index in [-0.39, 0.29) is 6.29 Å². The van der Waals surface area contributed by atoms with Gasteiger partial charge in [0.2, 0.25) is 0 Å². The molecule has 4 aromatic rings. The zero-order chi connectivity index (χ0) is 26.3. The first-order chi connectivity index (χ1) is 18.7.